The first kappa shape index (κ1) is 19.2. The highest BCUT2D eigenvalue weighted by Crippen LogP contribution is 2.33. The van der Waals surface area contributed by atoms with E-state index in [2.05, 4.69) is 20.7 Å². The van der Waals surface area contributed by atoms with E-state index >= 15 is 0 Å². The summed E-state index contributed by atoms with van der Waals surface area (Å²) >= 11 is 7.37. The van der Waals surface area contributed by atoms with Gasteiger partial charge in [0.2, 0.25) is 10.0 Å². The van der Waals surface area contributed by atoms with Crippen molar-refractivity contribution < 1.29 is 8.42 Å². The summed E-state index contributed by atoms with van der Waals surface area (Å²) < 4.78 is 28.0. The number of halogens is 1. The lowest BCUT2D eigenvalue weighted by molar-refractivity contribution is 0.461. The molecule has 144 valence electrons. The summed E-state index contributed by atoms with van der Waals surface area (Å²) in [4.78, 5) is 6.46. The molecular formula is C19H17ClN4O2S2. The second-order valence-electron chi connectivity index (χ2n) is 6.61. The number of thiophene rings is 1. The zero-order valence-corrected chi connectivity index (χ0v) is 17.2. The topological polar surface area (TPSA) is 86.1 Å². The van der Waals surface area contributed by atoms with Crippen molar-refractivity contribution >= 4 is 49.6 Å². The van der Waals surface area contributed by atoms with Crippen molar-refractivity contribution in [1.82, 2.24) is 9.71 Å². The summed E-state index contributed by atoms with van der Waals surface area (Å²) in [5, 5.41) is 12.7. The molecule has 0 aliphatic carbocycles. The molecule has 0 spiro atoms. The van der Waals surface area contributed by atoms with Crippen LogP contribution < -0.4 is 9.62 Å². The zero-order chi connectivity index (χ0) is 19.7. The van der Waals surface area contributed by atoms with E-state index in [9.17, 15) is 13.7 Å². The van der Waals surface area contributed by atoms with Crippen LogP contribution in [-0.2, 0) is 10.0 Å². The van der Waals surface area contributed by atoms with E-state index in [1.165, 1.54) is 11.3 Å². The van der Waals surface area contributed by atoms with Crippen LogP contribution in [0.25, 0.3) is 10.9 Å². The molecule has 0 atom stereocenters. The number of nitrogens with one attached hydrogen (secondary N) is 1. The normalized spacial score (nSPS) is 15.6. The maximum Gasteiger partial charge on any atom is 0.250 e. The van der Waals surface area contributed by atoms with Gasteiger partial charge in [0.05, 0.1) is 16.8 Å². The molecule has 1 N–H and O–H groups in total. The number of nitrogens with zero attached hydrogens (tertiary/aromatic N) is 3. The minimum Gasteiger partial charge on any atom is -0.370 e. The van der Waals surface area contributed by atoms with Crippen LogP contribution in [0.15, 0.2) is 46.1 Å². The van der Waals surface area contributed by atoms with E-state index in [4.69, 9.17) is 11.6 Å². The Morgan fingerprint density at radius 1 is 1.29 bits per heavy atom. The predicted molar refractivity (Wildman–Crippen MR) is 111 cm³/mol. The number of piperidine rings is 1. The van der Waals surface area contributed by atoms with Gasteiger partial charge in [-0.3, -0.25) is 4.98 Å². The van der Waals surface area contributed by atoms with Crippen molar-refractivity contribution in [3.63, 3.8) is 0 Å². The fourth-order valence-corrected chi connectivity index (χ4v) is 5.97. The third-order valence-electron chi connectivity index (χ3n) is 4.81. The van der Waals surface area contributed by atoms with Gasteiger partial charge in [0.15, 0.2) is 0 Å². The molecule has 4 rings (SSSR count). The highest BCUT2D eigenvalue weighted by molar-refractivity contribution is 7.91. The Morgan fingerprint density at radius 3 is 2.75 bits per heavy atom. The third kappa shape index (κ3) is 3.71. The number of hydrogen-bond donors (Lipinski definition) is 1. The number of sulfonamides is 1. The predicted octanol–water partition coefficient (Wildman–Crippen LogP) is 3.77. The number of pyridine rings is 1. The van der Waals surface area contributed by atoms with Crippen LogP contribution in [0.1, 0.15) is 18.4 Å². The lowest BCUT2D eigenvalue weighted by Crippen LogP contribution is -2.44. The van der Waals surface area contributed by atoms with Crippen molar-refractivity contribution in [1.29, 1.82) is 5.26 Å². The molecule has 2 aromatic heterocycles. The van der Waals surface area contributed by atoms with Crippen LogP contribution in [0.2, 0.25) is 5.02 Å². The van der Waals surface area contributed by atoms with Gasteiger partial charge in [-0.25, -0.2) is 13.1 Å². The first-order valence-corrected chi connectivity index (χ1v) is 11.5. The third-order valence-corrected chi connectivity index (χ3v) is 7.97. The van der Waals surface area contributed by atoms with Crippen molar-refractivity contribution in [3.05, 3.63) is 52.5 Å². The van der Waals surface area contributed by atoms with E-state index in [1.807, 2.05) is 12.1 Å². The first-order valence-electron chi connectivity index (χ1n) is 8.77. The average molecular weight is 433 g/mol. The number of fused-ring (bicyclic) bond motifs is 1. The van der Waals surface area contributed by atoms with Crippen molar-refractivity contribution in [2.45, 2.75) is 23.1 Å². The van der Waals surface area contributed by atoms with Crippen LogP contribution in [0.3, 0.4) is 0 Å². The molecule has 1 aliphatic heterocycles. The van der Waals surface area contributed by atoms with Gasteiger partial charge >= 0.3 is 0 Å². The van der Waals surface area contributed by atoms with E-state index in [0.29, 0.717) is 40.7 Å². The quantitative estimate of drug-likeness (QED) is 0.678. The second kappa shape index (κ2) is 7.68. The lowest BCUT2D eigenvalue weighted by Gasteiger charge is -2.34. The first-order chi connectivity index (χ1) is 13.5. The van der Waals surface area contributed by atoms with Crippen LogP contribution in [0, 0.1) is 11.3 Å². The van der Waals surface area contributed by atoms with Gasteiger partial charge in [-0.05, 0) is 42.5 Å². The van der Waals surface area contributed by atoms with Crippen molar-refractivity contribution in [2.75, 3.05) is 18.0 Å². The molecule has 0 saturated carbocycles. The standard InChI is InChI=1S/C19H17ClN4O2S2/c20-14-3-4-17-16(10-14)19(13(11-21)12-22-17)24-7-5-15(6-8-24)23-28(25,26)18-2-1-9-27-18/h1-4,9-10,12,15,23H,5-8H2. The smallest absolute Gasteiger partial charge is 0.250 e. The molecule has 9 heteroatoms. The number of rotatable bonds is 4. The molecule has 1 fully saturated rings. The molecule has 1 aliphatic rings. The second-order valence-corrected chi connectivity index (χ2v) is 9.93. The van der Waals surface area contributed by atoms with E-state index in [0.717, 1.165) is 16.6 Å². The summed E-state index contributed by atoms with van der Waals surface area (Å²) in [5.74, 6) is 0. The lowest BCUT2D eigenvalue weighted by atomic mass is 10.0. The van der Waals surface area contributed by atoms with Gasteiger partial charge < -0.3 is 4.90 Å². The Hall–Kier alpha value is -2.18. The Kier molecular flexibility index (Phi) is 5.25. The zero-order valence-electron chi connectivity index (χ0n) is 14.8. The molecule has 0 bridgehead atoms. The van der Waals surface area contributed by atoms with Crippen molar-refractivity contribution in [3.8, 4) is 6.07 Å². The summed E-state index contributed by atoms with van der Waals surface area (Å²) in [6.45, 7) is 1.27. The number of anilines is 1. The molecule has 1 aromatic carbocycles. The monoisotopic (exact) mass is 432 g/mol. The van der Waals surface area contributed by atoms with Crippen LogP contribution in [0.5, 0.6) is 0 Å². The summed E-state index contributed by atoms with van der Waals surface area (Å²) in [6, 6.07) is 10.9. The largest absolute Gasteiger partial charge is 0.370 e. The number of hydrogen-bond acceptors (Lipinski definition) is 6. The van der Waals surface area contributed by atoms with Gasteiger partial charge in [0.1, 0.15) is 10.3 Å². The van der Waals surface area contributed by atoms with E-state index in [1.54, 1.807) is 29.8 Å². The Morgan fingerprint density at radius 2 is 2.07 bits per heavy atom. The van der Waals surface area contributed by atoms with Gasteiger partial charge in [-0.2, -0.15) is 5.26 Å². The molecule has 0 unspecified atom stereocenters. The fourth-order valence-electron chi connectivity index (χ4n) is 3.49. The maximum atomic E-state index is 12.4. The molecular weight excluding hydrogens is 416 g/mol. The molecule has 28 heavy (non-hydrogen) atoms. The minimum atomic E-state index is -3.48. The highest BCUT2D eigenvalue weighted by Gasteiger charge is 2.27. The SMILES string of the molecule is N#Cc1cnc2ccc(Cl)cc2c1N1CCC(NS(=O)(=O)c2cccs2)CC1. The van der Waals surface area contributed by atoms with Gasteiger partial charge in [-0.1, -0.05) is 17.7 Å². The van der Waals surface area contributed by atoms with Gasteiger partial charge in [0.25, 0.3) is 0 Å². The average Bonchev–Trinajstić information content (AvgIpc) is 3.23. The number of aromatic nitrogens is 1. The number of benzene rings is 1. The molecule has 1 saturated heterocycles. The maximum absolute atomic E-state index is 12.4. The van der Waals surface area contributed by atoms with E-state index in [-0.39, 0.29) is 6.04 Å². The van der Waals surface area contributed by atoms with Crippen LogP contribution >= 0.6 is 22.9 Å². The minimum absolute atomic E-state index is 0.134. The fraction of sp³-hybridized carbons (Fsp3) is 0.263. The molecule has 6 nitrogen and oxygen atoms in total. The Labute approximate surface area is 172 Å². The van der Waals surface area contributed by atoms with Gasteiger partial charge in [-0.15, -0.1) is 11.3 Å². The molecule has 0 radical (unpaired) electrons. The van der Waals surface area contributed by atoms with Crippen molar-refractivity contribution in [2.24, 2.45) is 0 Å². The van der Waals surface area contributed by atoms with E-state index < -0.39 is 10.0 Å². The summed E-state index contributed by atoms with van der Waals surface area (Å²) in [7, 11) is -3.48. The Bertz CT molecular complexity index is 1150. The van der Waals surface area contributed by atoms with Gasteiger partial charge in [0, 0.05) is 35.7 Å². The molecule has 3 aromatic rings. The van der Waals surface area contributed by atoms with Crippen LogP contribution in [-0.4, -0.2) is 32.5 Å². The highest BCUT2D eigenvalue weighted by atomic mass is 35.5. The molecule has 0 amide bonds. The molecule has 3 heterocycles. The van der Waals surface area contributed by atoms with Crippen LogP contribution in [0.4, 0.5) is 5.69 Å². The number of nitriles is 1. The summed E-state index contributed by atoms with van der Waals surface area (Å²) in [6.07, 6.45) is 2.89. The summed E-state index contributed by atoms with van der Waals surface area (Å²) in [5.41, 5.74) is 2.08. The Balaban J connectivity index is 1.56.